The van der Waals surface area contributed by atoms with Crippen LogP contribution in [0.15, 0.2) is 21.2 Å². The molecule has 2 aromatic heterocycles. The van der Waals surface area contributed by atoms with E-state index >= 15 is 0 Å². The Hall–Kier alpha value is -1.67. The zero-order valence-electron chi connectivity index (χ0n) is 12.5. The van der Waals surface area contributed by atoms with E-state index in [2.05, 4.69) is 38.5 Å². The second kappa shape index (κ2) is 6.84. The molecule has 3 rings (SSSR count). The third-order valence-corrected chi connectivity index (χ3v) is 5.10. The van der Waals surface area contributed by atoms with Crippen LogP contribution in [0.2, 0.25) is 0 Å². The number of amides is 2. The van der Waals surface area contributed by atoms with Gasteiger partial charge in [0.05, 0.1) is 12.2 Å². The molecular formula is C15H16BrN3O3S. The highest BCUT2D eigenvalue weighted by molar-refractivity contribution is 9.10. The summed E-state index contributed by atoms with van der Waals surface area (Å²) in [6.45, 7) is 2.10. The first-order valence-corrected chi connectivity index (χ1v) is 8.94. The van der Waals surface area contributed by atoms with Crippen molar-refractivity contribution in [1.29, 1.82) is 0 Å². The summed E-state index contributed by atoms with van der Waals surface area (Å²) in [6.07, 6.45) is 3.12. The molecule has 23 heavy (non-hydrogen) atoms. The highest BCUT2D eigenvalue weighted by Gasteiger charge is 2.20. The minimum absolute atomic E-state index is 0.127. The summed E-state index contributed by atoms with van der Waals surface area (Å²) in [5.41, 5.74) is 1.09. The molecular weight excluding hydrogens is 382 g/mol. The molecule has 1 aliphatic rings. The lowest BCUT2D eigenvalue weighted by atomic mass is 9.93. The zero-order valence-corrected chi connectivity index (χ0v) is 14.9. The third kappa shape index (κ3) is 4.00. The number of carbonyl (C=O) groups excluding carboxylic acids is 2. The van der Waals surface area contributed by atoms with Gasteiger partial charge in [-0.05, 0) is 53.2 Å². The van der Waals surface area contributed by atoms with E-state index in [9.17, 15) is 9.59 Å². The van der Waals surface area contributed by atoms with E-state index < -0.39 is 5.91 Å². The van der Waals surface area contributed by atoms with Crippen molar-refractivity contribution in [3.05, 3.63) is 33.1 Å². The van der Waals surface area contributed by atoms with Crippen molar-refractivity contribution in [1.82, 2.24) is 10.3 Å². The molecule has 0 fully saturated rings. The second-order valence-corrected chi connectivity index (χ2v) is 7.44. The lowest BCUT2D eigenvalue weighted by molar-refractivity contribution is -0.115. The number of furan rings is 1. The summed E-state index contributed by atoms with van der Waals surface area (Å²) in [7, 11) is 0. The number of rotatable bonds is 4. The molecule has 2 heterocycles. The Morgan fingerprint density at radius 3 is 3.04 bits per heavy atom. The van der Waals surface area contributed by atoms with Crippen LogP contribution in [0.5, 0.6) is 0 Å². The topological polar surface area (TPSA) is 84.2 Å². The number of nitrogens with zero attached hydrogens (tertiary/aromatic N) is 1. The van der Waals surface area contributed by atoms with E-state index in [4.69, 9.17) is 4.42 Å². The van der Waals surface area contributed by atoms with E-state index in [0.717, 1.165) is 25.0 Å². The smallest absolute Gasteiger partial charge is 0.287 e. The largest absolute Gasteiger partial charge is 0.444 e. The zero-order chi connectivity index (χ0) is 16.4. The van der Waals surface area contributed by atoms with Crippen molar-refractivity contribution in [3.8, 4) is 0 Å². The molecule has 1 aliphatic carbocycles. The summed E-state index contributed by atoms with van der Waals surface area (Å²) >= 11 is 4.64. The molecule has 0 aliphatic heterocycles. The molecule has 1 atom stereocenters. The highest BCUT2D eigenvalue weighted by Crippen LogP contribution is 2.31. The molecule has 0 spiro atoms. The summed E-state index contributed by atoms with van der Waals surface area (Å²) in [5.74, 6) is 0.0861. The Kier molecular flexibility index (Phi) is 4.82. The van der Waals surface area contributed by atoms with E-state index in [-0.39, 0.29) is 18.2 Å². The molecule has 0 saturated carbocycles. The van der Waals surface area contributed by atoms with Gasteiger partial charge in [-0.1, -0.05) is 6.92 Å². The number of fused-ring (bicyclic) bond motifs is 1. The minimum atomic E-state index is -0.432. The standard InChI is InChI=1S/C15H16BrN3O3S/c1-8-2-3-9-11(6-8)23-15(18-9)19-13(20)7-17-14(21)10-4-5-12(16)22-10/h4-5,8H,2-3,6-7H2,1H3,(H,17,21)(H,18,19,20). The molecule has 0 radical (unpaired) electrons. The molecule has 2 aromatic rings. The van der Waals surface area contributed by atoms with Crippen LogP contribution in [-0.4, -0.2) is 23.3 Å². The molecule has 8 heteroatoms. The molecule has 6 nitrogen and oxygen atoms in total. The van der Waals surface area contributed by atoms with Gasteiger partial charge in [-0.25, -0.2) is 4.98 Å². The van der Waals surface area contributed by atoms with Crippen LogP contribution >= 0.6 is 27.3 Å². The van der Waals surface area contributed by atoms with Gasteiger partial charge in [-0.2, -0.15) is 0 Å². The molecule has 2 N–H and O–H groups in total. The van der Waals surface area contributed by atoms with E-state index in [0.29, 0.717) is 15.7 Å². The van der Waals surface area contributed by atoms with Gasteiger partial charge in [-0.3, -0.25) is 9.59 Å². The first-order valence-electron chi connectivity index (χ1n) is 7.33. The predicted octanol–water partition coefficient (Wildman–Crippen LogP) is 2.99. The Balaban J connectivity index is 1.52. The van der Waals surface area contributed by atoms with Crippen LogP contribution in [0.3, 0.4) is 0 Å². The van der Waals surface area contributed by atoms with Gasteiger partial charge in [-0.15, -0.1) is 11.3 Å². The van der Waals surface area contributed by atoms with Crippen molar-refractivity contribution < 1.29 is 14.0 Å². The van der Waals surface area contributed by atoms with Crippen LogP contribution < -0.4 is 10.6 Å². The molecule has 0 aromatic carbocycles. The monoisotopic (exact) mass is 397 g/mol. The van der Waals surface area contributed by atoms with Gasteiger partial charge >= 0.3 is 0 Å². The van der Waals surface area contributed by atoms with Crippen LogP contribution in [0.1, 0.15) is 34.5 Å². The number of halogens is 1. The maximum absolute atomic E-state index is 11.9. The number of aromatic nitrogens is 1. The van der Waals surface area contributed by atoms with Crippen molar-refractivity contribution in [2.24, 2.45) is 5.92 Å². The first-order chi connectivity index (χ1) is 11.0. The average molecular weight is 398 g/mol. The molecule has 1 unspecified atom stereocenters. The van der Waals surface area contributed by atoms with E-state index in [1.807, 2.05) is 0 Å². The van der Waals surface area contributed by atoms with Gasteiger partial charge in [0.25, 0.3) is 5.91 Å². The lowest BCUT2D eigenvalue weighted by Crippen LogP contribution is -2.32. The van der Waals surface area contributed by atoms with Crippen molar-refractivity contribution in [2.45, 2.75) is 26.2 Å². The number of anilines is 1. The second-order valence-electron chi connectivity index (χ2n) is 5.57. The van der Waals surface area contributed by atoms with Gasteiger partial charge in [0.1, 0.15) is 0 Å². The third-order valence-electron chi connectivity index (χ3n) is 3.64. The Morgan fingerprint density at radius 1 is 1.48 bits per heavy atom. The fourth-order valence-corrected chi connectivity index (χ4v) is 3.93. The van der Waals surface area contributed by atoms with E-state index in [1.165, 1.54) is 22.3 Å². The lowest BCUT2D eigenvalue weighted by Gasteiger charge is -2.15. The maximum atomic E-state index is 11.9. The SMILES string of the molecule is CC1CCc2nc(NC(=O)CNC(=O)c3ccc(Br)o3)sc2C1. The van der Waals surface area contributed by atoms with Gasteiger partial charge < -0.3 is 15.1 Å². The van der Waals surface area contributed by atoms with Gasteiger partial charge in [0.15, 0.2) is 15.6 Å². The van der Waals surface area contributed by atoms with Crippen molar-refractivity contribution in [2.75, 3.05) is 11.9 Å². The Morgan fingerprint density at radius 2 is 2.30 bits per heavy atom. The van der Waals surface area contributed by atoms with Crippen molar-refractivity contribution in [3.63, 3.8) is 0 Å². The predicted molar refractivity (Wildman–Crippen MR) is 90.7 cm³/mol. The van der Waals surface area contributed by atoms with Crippen LogP contribution in [0.25, 0.3) is 0 Å². The Bertz CT molecular complexity index is 740. The summed E-state index contributed by atoms with van der Waals surface area (Å²) in [4.78, 5) is 29.4. The normalized spacial score (nSPS) is 16.7. The minimum Gasteiger partial charge on any atom is -0.444 e. The van der Waals surface area contributed by atoms with Crippen LogP contribution in [0.4, 0.5) is 5.13 Å². The highest BCUT2D eigenvalue weighted by atomic mass is 79.9. The number of nitrogens with one attached hydrogen (secondary N) is 2. The van der Waals surface area contributed by atoms with Crippen LogP contribution in [0, 0.1) is 5.92 Å². The fraction of sp³-hybridized carbons (Fsp3) is 0.400. The number of aryl methyl sites for hydroxylation is 1. The molecule has 122 valence electrons. The number of thiazole rings is 1. The van der Waals surface area contributed by atoms with E-state index in [1.54, 1.807) is 6.07 Å². The molecule has 0 saturated heterocycles. The van der Waals surface area contributed by atoms with Crippen LogP contribution in [-0.2, 0) is 17.6 Å². The number of hydrogen-bond acceptors (Lipinski definition) is 5. The number of hydrogen-bond donors (Lipinski definition) is 2. The van der Waals surface area contributed by atoms with Crippen molar-refractivity contribution >= 4 is 44.2 Å². The van der Waals surface area contributed by atoms with Gasteiger partial charge in [0, 0.05) is 4.88 Å². The summed E-state index contributed by atoms with van der Waals surface area (Å²) in [5, 5.41) is 5.85. The fourth-order valence-electron chi connectivity index (χ4n) is 2.44. The quantitative estimate of drug-likeness (QED) is 0.830. The molecule has 0 bridgehead atoms. The van der Waals surface area contributed by atoms with Gasteiger partial charge in [0.2, 0.25) is 5.91 Å². The average Bonchev–Trinajstić information content (AvgIpc) is 3.10. The summed E-state index contributed by atoms with van der Waals surface area (Å²) < 4.78 is 5.59. The maximum Gasteiger partial charge on any atom is 0.287 e. The Labute approximate surface area is 145 Å². The first kappa shape index (κ1) is 16.2. The summed E-state index contributed by atoms with van der Waals surface area (Å²) in [6, 6.07) is 3.16. The number of carbonyl (C=O) groups is 2. The molecule has 2 amide bonds.